The van der Waals surface area contributed by atoms with Gasteiger partial charge in [-0.05, 0) is 24.3 Å². The van der Waals surface area contributed by atoms with E-state index in [9.17, 15) is 13.6 Å². The lowest BCUT2D eigenvalue weighted by Gasteiger charge is -2.06. The van der Waals surface area contributed by atoms with Gasteiger partial charge in [0.05, 0.1) is 11.9 Å². The molecule has 0 amide bonds. The summed E-state index contributed by atoms with van der Waals surface area (Å²) >= 11 is 0. The SMILES string of the molecule is O=C(O)c1cc(-c2cc(F)ccc2F)nc2ccnn12. The number of carboxylic acids is 1. The second-order valence-corrected chi connectivity index (χ2v) is 4.06. The van der Waals surface area contributed by atoms with E-state index in [0.29, 0.717) is 0 Å². The molecule has 0 spiro atoms. The van der Waals surface area contributed by atoms with Crippen LogP contribution in [0, 0.1) is 11.6 Å². The van der Waals surface area contributed by atoms with Crippen molar-refractivity contribution in [3.8, 4) is 11.3 Å². The smallest absolute Gasteiger partial charge is 0.354 e. The van der Waals surface area contributed by atoms with E-state index in [-0.39, 0.29) is 22.6 Å². The predicted octanol–water partition coefficient (Wildman–Crippen LogP) is 2.37. The van der Waals surface area contributed by atoms with E-state index in [4.69, 9.17) is 5.11 Å². The fraction of sp³-hybridized carbons (Fsp3) is 0. The molecule has 0 bridgehead atoms. The van der Waals surface area contributed by atoms with Crippen LogP contribution in [0.1, 0.15) is 10.5 Å². The summed E-state index contributed by atoms with van der Waals surface area (Å²) < 4.78 is 28.1. The molecule has 2 heterocycles. The molecule has 3 rings (SSSR count). The quantitative estimate of drug-likeness (QED) is 0.779. The molecule has 1 aromatic carbocycles. The van der Waals surface area contributed by atoms with E-state index in [1.165, 1.54) is 12.3 Å². The fourth-order valence-corrected chi connectivity index (χ4v) is 1.90. The second kappa shape index (κ2) is 4.37. The first kappa shape index (κ1) is 12.2. The summed E-state index contributed by atoms with van der Waals surface area (Å²) in [5, 5.41) is 13.0. The number of nitrogens with zero attached hydrogens (tertiary/aromatic N) is 3. The highest BCUT2D eigenvalue weighted by Gasteiger charge is 2.16. The molecule has 0 saturated heterocycles. The number of hydrogen-bond donors (Lipinski definition) is 1. The Morgan fingerprint density at radius 2 is 2.00 bits per heavy atom. The summed E-state index contributed by atoms with van der Waals surface area (Å²) in [6.07, 6.45) is 1.38. The molecule has 7 heteroatoms. The molecule has 3 aromatic rings. The monoisotopic (exact) mass is 275 g/mol. The molecule has 0 fully saturated rings. The number of aromatic nitrogens is 3. The van der Waals surface area contributed by atoms with Crippen LogP contribution in [0.2, 0.25) is 0 Å². The molecule has 5 nitrogen and oxygen atoms in total. The number of rotatable bonds is 2. The van der Waals surface area contributed by atoms with Crippen LogP contribution in [-0.2, 0) is 0 Å². The molecule has 2 aromatic heterocycles. The topological polar surface area (TPSA) is 67.5 Å². The molecule has 1 N–H and O–H groups in total. The minimum Gasteiger partial charge on any atom is -0.477 e. The van der Waals surface area contributed by atoms with Crippen molar-refractivity contribution in [1.82, 2.24) is 14.6 Å². The zero-order valence-corrected chi connectivity index (χ0v) is 9.92. The zero-order valence-electron chi connectivity index (χ0n) is 9.92. The highest BCUT2D eigenvalue weighted by atomic mass is 19.1. The average molecular weight is 275 g/mol. The van der Waals surface area contributed by atoms with E-state index >= 15 is 0 Å². The normalized spacial score (nSPS) is 10.9. The Morgan fingerprint density at radius 1 is 1.20 bits per heavy atom. The third kappa shape index (κ3) is 1.89. The first-order valence-electron chi connectivity index (χ1n) is 5.60. The van der Waals surface area contributed by atoms with Gasteiger partial charge in [0.25, 0.3) is 0 Å². The van der Waals surface area contributed by atoms with Crippen LogP contribution in [0.4, 0.5) is 8.78 Å². The van der Waals surface area contributed by atoms with Crippen LogP contribution in [0.25, 0.3) is 16.9 Å². The third-order valence-electron chi connectivity index (χ3n) is 2.78. The van der Waals surface area contributed by atoms with Crippen LogP contribution >= 0.6 is 0 Å². The van der Waals surface area contributed by atoms with Crippen molar-refractivity contribution >= 4 is 11.6 Å². The molecule has 0 radical (unpaired) electrons. The van der Waals surface area contributed by atoms with Gasteiger partial charge in [0, 0.05) is 11.6 Å². The van der Waals surface area contributed by atoms with Gasteiger partial charge in [-0.2, -0.15) is 5.10 Å². The van der Waals surface area contributed by atoms with Gasteiger partial charge in [0.1, 0.15) is 11.6 Å². The summed E-state index contributed by atoms with van der Waals surface area (Å²) in [5.74, 6) is -2.55. The van der Waals surface area contributed by atoms with Crippen molar-refractivity contribution < 1.29 is 18.7 Å². The number of carbonyl (C=O) groups is 1. The van der Waals surface area contributed by atoms with Gasteiger partial charge in [-0.3, -0.25) is 0 Å². The van der Waals surface area contributed by atoms with Crippen molar-refractivity contribution in [3.05, 3.63) is 53.9 Å². The van der Waals surface area contributed by atoms with Crippen molar-refractivity contribution in [2.24, 2.45) is 0 Å². The van der Waals surface area contributed by atoms with E-state index in [1.807, 2.05) is 0 Å². The van der Waals surface area contributed by atoms with E-state index < -0.39 is 17.6 Å². The molecule has 0 atom stereocenters. The number of carboxylic acid groups (broad SMARTS) is 1. The second-order valence-electron chi connectivity index (χ2n) is 4.06. The Kier molecular flexibility index (Phi) is 2.67. The van der Waals surface area contributed by atoms with Crippen LogP contribution in [0.15, 0.2) is 36.5 Å². The number of halogens is 2. The summed E-state index contributed by atoms with van der Waals surface area (Å²) in [6, 6.07) is 5.55. The first-order chi connectivity index (χ1) is 9.56. The maximum atomic E-state index is 13.7. The van der Waals surface area contributed by atoms with Crippen molar-refractivity contribution in [3.63, 3.8) is 0 Å². The molecule has 0 unspecified atom stereocenters. The van der Waals surface area contributed by atoms with Crippen LogP contribution in [0.5, 0.6) is 0 Å². The molecule has 0 saturated carbocycles. The lowest BCUT2D eigenvalue weighted by atomic mass is 10.1. The Hall–Kier alpha value is -2.83. The van der Waals surface area contributed by atoms with Gasteiger partial charge in [-0.25, -0.2) is 23.1 Å². The number of hydrogen-bond acceptors (Lipinski definition) is 3. The first-order valence-corrected chi connectivity index (χ1v) is 5.60. The minimum atomic E-state index is -1.24. The van der Waals surface area contributed by atoms with Gasteiger partial charge in [0.15, 0.2) is 11.3 Å². The van der Waals surface area contributed by atoms with Gasteiger partial charge in [-0.15, -0.1) is 0 Å². The Morgan fingerprint density at radius 3 is 2.75 bits per heavy atom. The molecule has 20 heavy (non-hydrogen) atoms. The number of aromatic carboxylic acids is 1. The Labute approximate surface area is 111 Å². The molecule has 100 valence electrons. The van der Waals surface area contributed by atoms with Gasteiger partial charge < -0.3 is 5.11 Å². The Balaban J connectivity index is 2.31. The number of fused-ring (bicyclic) bond motifs is 1. The summed E-state index contributed by atoms with van der Waals surface area (Å²) in [5.41, 5.74) is -0.00850. The lowest BCUT2D eigenvalue weighted by molar-refractivity contribution is 0.0687. The lowest BCUT2D eigenvalue weighted by Crippen LogP contribution is -2.08. The van der Waals surface area contributed by atoms with Crippen LogP contribution < -0.4 is 0 Å². The summed E-state index contributed by atoms with van der Waals surface area (Å²) in [7, 11) is 0. The number of benzene rings is 1. The molecule has 0 aliphatic rings. The average Bonchev–Trinajstić information content (AvgIpc) is 2.88. The van der Waals surface area contributed by atoms with Gasteiger partial charge in [-0.1, -0.05) is 0 Å². The van der Waals surface area contributed by atoms with Crippen LogP contribution in [0.3, 0.4) is 0 Å². The molecular formula is C13H7F2N3O2. The minimum absolute atomic E-state index is 0.0346. The maximum absolute atomic E-state index is 13.7. The molecule has 0 aliphatic carbocycles. The van der Waals surface area contributed by atoms with Crippen molar-refractivity contribution in [2.75, 3.05) is 0 Å². The molecular weight excluding hydrogens is 268 g/mol. The van der Waals surface area contributed by atoms with Crippen molar-refractivity contribution in [1.29, 1.82) is 0 Å². The highest BCUT2D eigenvalue weighted by Crippen LogP contribution is 2.23. The largest absolute Gasteiger partial charge is 0.477 e. The van der Waals surface area contributed by atoms with Crippen LogP contribution in [-0.4, -0.2) is 25.7 Å². The van der Waals surface area contributed by atoms with Gasteiger partial charge in [0.2, 0.25) is 0 Å². The summed E-state index contributed by atoms with van der Waals surface area (Å²) in [6.45, 7) is 0. The fourth-order valence-electron chi connectivity index (χ4n) is 1.90. The highest BCUT2D eigenvalue weighted by molar-refractivity contribution is 5.88. The van der Waals surface area contributed by atoms with Crippen molar-refractivity contribution in [2.45, 2.75) is 0 Å². The van der Waals surface area contributed by atoms with E-state index in [2.05, 4.69) is 10.1 Å². The Bertz CT molecular complexity index is 830. The van der Waals surface area contributed by atoms with E-state index in [0.717, 1.165) is 28.8 Å². The predicted molar refractivity (Wildman–Crippen MR) is 65.3 cm³/mol. The standard InChI is InChI=1S/C13H7F2N3O2/c14-7-1-2-9(15)8(5-7)10-6-11(13(19)20)18-12(17-10)3-4-16-18/h1-6H,(H,19,20). The van der Waals surface area contributed by atoms with Gasteiger partial charge >= 0.3 is 5.97 Å². The third-order valence-corrected chi connectivity index (χ3v) is 2.78. The zero-order chi connectivity index (χ0) is 14.3. The van der Waals surface area contributed by atoms with E-state index in [1.54, 1.807) is 0 Å². The summed E-state index contributed by atoms with van der Waals surface area (Å²) in [4.78, 5) is 15.3. The molecule has 0 aliphatic heterocycles. The maximum Gasteiger partial charge on any atom is 0.354 e.